The summed E-state index contributed by atoms with van der Waals surface area (Å²) in [5.41, 5.74) is 6.91. The molecule has 3 N–H and O–H groups in total. The van der Waals surface area contributed by atoms with E-state index in [4.69, 9.17) is 10.8 Å². The summed E-state index contributed by atoms with van der Waals surface area (Å²) in [7, 11) is 0. The maximum absolute atomic E-state index is 12.2. The van der Waals surface area contributed by atoms with Crippen LogP contribution in [0.25, 0.3) is 0 Å². The second-order valence-electron chi connectivity index (χ2n) is 4.74. The summed E-state index contributed by atoms with van der Waals surface area (Å²) in [6.45, 7) is 4.59. The minimum atomic E-state index is -0.514. The third-order valence-corrected chi connectivity index (χ3v) is 2.90. The van der Waals surface area contributed by atoms with Crippen LogP contribution in [0.5, 0.6) is 0 Å². The lowest BCUT2D eigenvalue weighted by atomic mass is 10.0. The summed E-state index contributed by atoms with van der Waals surface area (Å²) >= 11 is 0. The van der Waals surface area contributed by atoms with Crippen molar-refractivity contribution in [2.24, 2.45) is 11.7 Å². The van der Waals surface area contributed by atoms with Gasteiger partial charge in [0.2, 0.25) is 5.91 Å². The van der Waals surface area contributed by atoms with E-state index in [-0.39, 0.29) is 18.4 Å². The molecule has 1 aromatic carbocycles. The van der Waals surface area contributed by atoms with Crippen molar-refractivity contribution in [1.82, 2.24) is 4.90 Å². The lowest BCUT2D eigenvalue weighted by Crippen LogP contribution is -2.47. The van der Waals surface area contributed by atoms with Gasteiger partial charge in [0.25, 0.3) is 0 Å². The van der Waals surface area contributed by atoms with E-state index in [1.165, 1.54) is 0 Å². The second kappa shape index (κ2) is 7.13. The van der Waals surface area contributed by atoms with Gasteiger partial charge in [0.15, 0.2) is 0 Å². The molecule has 1 rings (SSSR count). The first-order valence-corrected chi connectivity index (χ1v) is 6.25. The molecule has 0 fully saturated rings. The number of nitrogens with zero attached hydrogens (tertiary/aromatic N) is 1. The highest BCUT2D eigenvalue weighted by molar-refractivity contribution is 5.81. The number of hydrogen-bond donors (Lipinski definition) is 2. The maximum atomic E-state index is 12.2. The molecule has 1 atom stereocenters. The van der Waals surface area contributed by atoms with Crippen molar-refractivity contribution in [3.05, 3.63) is 35.9 Å². The average molecular weight is 250 g/mol. The van der Waals surface area contributed by atoms with Crippen LogP contribution in [-0.4, -0.2) is 35.1 Å². The first-order chi connectivity index (χ1) is 8.56. The van der Waals surface area contributed by atoms with Gasteiger partial charge >= 0.3 is 0 Å². The van der Waals surface area contributed by atoms with Crippen molar-refractivity contribution in [1.29, 1.82) is 0 Å². The minimum Gasteiger partial charge on any atom is -0.395 e. The predicted molar refractivity (Wildman–Crippen MR) is 71.8 cm³/mol. The topological polar surface area (TPSA) is 66.6 Å². The number of aliphatic hydroxyl groups is 1. The number of hydrogen-bond acceptors (Lipinski definition) is 3. The van der Waals surface area contributed by atoms with E-state index in [0.717, 1.165) is 5.56 Å². The van der Waals surface area contributed by atoms with Crippen LogP contribution >= 0.6 is 0 Å². The van der Waals surface area contributed by atoms with Crippen molar-refractivity contribution in [2.45, 2.75) is 26.4 Å². The highest BCUT2D eigenvalue weighted by atomic mass is 16.3. The van der Waals surface area contributed by atoms with Crippen LogP contribution in [0.3, 0.4) is 0 Å². The van der Waals surface area contributed by atoms with E-state index in [1.54, 1.807) is 4.90 Å². The second-order valence-corrected chi connectivity index (χ2v) is 4.74. The van der Waals surface area contributed by atoms with Crippen molar-refractivity contribution in [3.8, 4) is 0 Å². The molecule has 0 radical (unpaired) electrons. The summed E-state index contributed by atoms with van der Waals surface area (Å²) in [4.78, 5) is 13.8. The molecule has 1 aromatic rings. The number of amides is 1. The lowest BCUT2D eigenvalue weighted by molar-refractivity contribution is -0.134. The number of carbonyl (C=O) groups is 1. The van der Waals surface area contributed by atoms with Crippen LogP contribution < -0.4 is 5.73 Å². The first kappa shape index (κ1) is 14.7. The third-order valence-electron chi connectivity index (χ3n) is 2.90. The number of aliphatic hydroxyl groups excluding tert-OH is 1. The van der Waals surface area contributed by atoms with Gasteiger partial charge in [-0.3, -0.25) is 4.79 Å². The quantitative estimate of drug-likeness (QED) is 0.791. The van der Waals surface area contributed by atoms with Crippen LogP contribution in [-0.2, 0) is 11.3 Å². The Balaban J connectivity index is 2.73. The lowest BCUT2D eigenvalue weighted by Gasteiger charge is -2.26. The van der Waals surface area contributed by atoms with E-state index in [9.17, 15) is 4.79 Å². The molecule has 0 heterocycles. The van der Waals surface area contributed by atoms with E-state index in [0.29, 0.717) is 13.1 Å². The van der Waals surface area contributed by atoms with Crippen molar-refractivity contribution in [2.75, 3.05) is 13.2 Å². The Morgan fingerprint density at radius 2 is 1.94 bits per heavy atom. The Hall–Kier alpha value is -1.39. The molecule has 18 heavy (non-hydrogen) atoms. The van der Waals surface area contributed by atoms with E-state index in [2.05, 4.69) is 0 Å². The standard InChI is InChI=1S/C14H22N2O2/c1-11(2)13(15)14(18)16(8-9-17)10-12-6-4-3-5-7-12/h3-7,11,13,17H,8-10,15H2,1-2H3/t13-/m1/s1. The number of rotatable bonds is 6. The Labute approximate surface area is 108 Å². The van der Waals surface area contributed by atoms with Gasteiger partial charge in [0, 0.05) is 13.1 Å². The van der Waals surface area contributed by atoms with Crippen LogP contribution in [0.4, 0.5) is 0 Å². The molecular formula is C14H22N2O2. The van der Waals surface area contributed by atoms with Gasteiger partial charge in [0.1, 0.15) is 0 Å². The number of benzene rings is 1. The van der Waals surface area contributed by atoms with Gasteiger partial charge in [-0.15, -0.1) is 0 Å². The molecule has 0 aliphatic heterocycles. The van der Waals surface area contributed by atoms with Crippen LogP contribution in [0.1, 0.15) is 19.4 Å². The first-order valence-electron chi connectivity index (χ1n) is 6.25. The molecular weight excluding hydrogens is 228 g/mol. The molecule has 0 unspecified atom stereocenters. The Morgan fingerprint density at radius 1 is 1.33 bits per heavy atom. The fourth-order valence-electron chi connectivity index (χ4n) is 1.69. The molecule has 0 spiro atoms. The highest BCUT2D eigenvalue weighted by Crippen LogP contribution is 2.08. The van der Waals surface area contributed by atoms with Gasteiger partial charge in [-0.05, 0) is 11.5 Å². The predicted octanol–water partition coefficient (Wildman–Crippen LogP) is 0.991. The molecule has 0 bridgehead atoms. The summed E-state index contributed by atoms with van der Waals surface area (Å²) < 4.78 is 0. The number of carbonyl (C=O) groups excluding carboxylic acids is 1. The molecule has 0 aromatic heterocycles. The normalized spacial score (nSPS) is 12.5. The zero-order valence-corrected chi connectivity index (χ0v) is 11.0. The fraction of sp³-hybridized carbons (Fsp3) is 0.500. The van der Waals surface area contributed by atoms with Crippen molar-refractivity contribution < 1.29 is 9.90 Å². The van der Waals surface area contributed by atoms with Crippen LogP contribution in [0.2, 0.25) is 0 Å². The minimum absolute atomic E-state index is 0.0522. The van der Waals surface area contributed by atoms with Crippen LogP contribution in [0, 0.1) is 5.92 Å². The van der Waals surface area contributed by atoms with Crippen molar-refractivity contribution in [3.63, 3.8) is 0 Å². The van der Waals surface area contributed by atoms with Gasteiger partial charge in [-0.25, -0.2) is 0 Å². The molecule has 0 saturated heterocycles. The molecule has 0 aliphatic rings. The van der Waals surface area contributed by atoms with Crippen LogP contribution in [0.15, 0.2) is 30.3 Å². The van der Waals surface area contributed by atoms with E-state index in [1.807, 2.05) is 44.2 Å². The van der Waals surface area contributed by atoms with Gasteiger partial charge in [-0.1, -0.05) is 44.2 Å². The van der Waals surface area contributed by atoms with Gasteiger partial charge in [-0.2, -0.15) is 0 Å². The monoisotopic (exact) mass is 250 g/mol. The third kappa shape index (κ3) is 4.13. The largest absolute Gasteiger partial charge is 0.395 e. The molecule has 0 aliphatic carbocycles. The SMILES string of the molecule is CC(C)[C@@H](N)C(=O)N(CCO)Cc1ccccc1. The Bertz CT molecular complexity index is 365. The summed E-state index contributed by atoms with van der Waals surface area (Å²) in [5, 5.41) is 9.05. The van der Waals surface area contributed by atoms with Gasteiger partial charge < -0.3 is 15.7 Å². The zero-order chi connectivity index (χ0) is 13.5. The van der Waals surface area contributed by atoms with E-state index < -0.39 is 6.04 Å². The molecule has 1 amide bonds. The summed E-state index contributed by atoms with van der Waals surface area (Å²) in [6.07, 6.45) is 0. The van der Waals surface area contributed by atoms with E-state index >= 15 is 0 Å². The van der Waals surface area contributed by atoms with Crippen molar-refractivity contribution >= 4 is 5.91 Å². The number of nitrogens with two attached hydrogens (primary N) is 1. The summed E-state index contributed by atoms with van der Waals surface area (Å²) in [6, 6.07) is 9.19. The molecule has 0 saturated carbocycles. The maximum Gasteiger partial charge on any atom is 0.240 e. The Morgan fingerprint density at radius 3 is 2.44 bits per heavy atom. The smallest absolute Gasteiger partial charge is 0.240 e. The molecule has 4 heteroatoms. The zero-order valence-electron chi connectivity index (χ0n) is 11.0. The summed E-state index contributed by atoms with van der Waals surface area (Å²) in [5.74, 6) is -0.0163. The average Bonchev–Trinajstić information content (AvgIpc) is 2.37. The Kier molecular flexibility index (Phi) is 5.82. The van der Waals surface area contributed by atoms with Gasteiger partial charge in [0.05, 0.1) is 12.6 Å². The fourth-order valence-corrected chi connectivity index (χ4v) is 1.69. The highest BCUT2D eigenvalue weighted by Gasteiger charge is 2.23. The molecule has 100 valence electrons. The molecule has 4 nitrogen and oxygen atoms in total.